The zero-order valence-corrected chi connectivity index (χ0v) is 19.7. The number of carboxylic acids is 1. The Morgan fingerprint density at radius 2 is 1.57 bits per heavy atom. The molecule has 4 rings (SSSR count). The summed E-state index contributed by atoms with van der Waals surface area (Å²) in [6, 6.07) is 14.3. The fourth-order valence-corrected chi connectivity index (χ4v) is 4.73. The molecule has 0 aromatic heterocycles. The van der Waals surface area contributed by atoms with Gasteiger partial charge in [-0.05, 0) is 27.7 Å². The second-order valence-corrected chi connectivity index (χ2v) is 10.1. The maximum absolute atomic E-state index is 14.3. The number of hydrogen-bond donors (Lipinski definition) is 3. The maximum atomic E-state index is 14.3. The van der Waals surface area contributed by atoms with Crippen LogP contribution in [0.1, 0.15) is 37.8 Å². The Morgan fingerprint density at radius 3 is 2.09 bits per heavy atom. The molecule has 3 atom stereocenters. The fraction of sp³-hybridized carbons (Fsp3) is 0.423. The molecule has 35 heavy (non-hydrogen) atoms. The normalized spacial score (nSPS) is 20.8. The van der Waals surface area contributed by atoms with Crippen molar-refractivity contribution in [2.45, 2.75) is 38.7 Å². The molecule has 7 nitrogen and oxygen atoms in total. The first-order valence-electron chi connectivity index (χ1n) is 11.4. The molecule has 2 aliphatic carbocycles. The van der Waals surface area contributed by atoms with Crippen LogP contribution < -0.4 is 10.6 Å². The topological polar surface area (TPSA) is 105 Å². The van der Waals surface area contributed by atoms with E-state index in [2.05, 4.69) is 10.6 Å². The average molecular weight is 487 g/mol. The summed E-state index contributed by atoms with van der Waals surface area (Å²) in [4.78, 5) is 36.1. The molecule has 186 valence electrons. The lowest BCUT2D eigenvalue weighted by molar-refractivity contribution is -0.145. The number of carbonyl (C=O) groups excluding carboxylic acids is 2. The Kier molecular flexibility index (Phi) is 6.29. The van der Waals surface area contributed by atoms with Crippen molar-refractivity contribution in [2.24, 2.45) is 17.3 Å². The van der Waals surface area contributed by atoms with Gasteiger partial charge in [0.25, 0.3) is 5.92 Å². The van der Waals surface area contributed by atoms with Crippen molar-refractivity contribution in [3.63, 3.8) is 0 Å². The summed E-state index contributed by atoms with van der Waals surface area (Å²) in [7, 11) is 0. The van der Waals surface area contributed by atoms with Crippen LogP contribution in [-0.4, -0.2) is 48.2 Å². The van der Waals surface area contributed by atoms with Crippen molar-refractivity contribution >= 4 is 18.0 Å². The van der Waals surface area contributed by atoms with Gasteiger partial charge in [0.2, 0.25) is 5.91 Å². The molecule has 9 heteroatoms. The van der Waals surface area contributed by atoms with Gasteiger partial charge in [-0.1, -0.05) is 69.3 Å². The molecule has 0 bridgehead atoms. The number of benzene rings is 2. The van der Waals surface area contributed by atoms with Crippen LogP contribution in [0.3, 0.4) is 0 Å². The molecule has 0 unspecified atom stereocenters. The predicted octanol–water partition coefficient (Wildman–Crippen LogP) is 4.02. The van der Waals surface area contributed by atoms with Gasteiger partial charge in [-0.2, -0.15) is 0 Å². The van der Waals surface area contributed by atoms with E-state index in [4.69, 9.17) is 4.74 Å². The number of alkyl halides is 2. The average Bonchev–Trinajstić information content (AvgIpc) is 3.20. The summed E-state index contributed by atoms with van der Waals surface area (Å²) in [6.07, 6.45) is -0.855. The van der Waals surface area contributed by atoms with Crippen molar-refractivity contribution in [3.05, 3.63) is 59.7 Å². The molecule has 2 aliphatic rings. The molecule has 1 saturated carbocycles. The Morgan fingerprint density at radius 1 is 1.03 bits per heavy atom. The zero-order chi connectivity index (χ0) is 25.5. The first kappa shape index (κ1) is 24.6. The van der Waals surface area contributed by atoms with E-state index in [1.54, 1.807) is 20.8 Å². The molecule has 3 N–H and O–H groups in total. The number of carbonyl (C=O) groups is 3. The van der Waals surface area contributed by atoms with E-state index in [1.165, 1.54) is 0 Å². The van der Waals surface area contributed by atoms with Crippen molar-refractivity contribution in [1.82, 2.24) is 10.6 Å². The molecule has 0 heterocycles. The summed E-state index contributed by atoms with van der Waals surface area (Å²) < 4.78 is 33.9. The molecular formula is C26H28F2N2O5. The minimum absolute atomic E-state index is 0.0384. The van der Waals surface area contributed by atoms with Crippen LogP contribution in [0.5, 0.6) is 0 Å². The lowest BCUT2D eigenvalue weighted by Gasteiger charge is -2.27. The number of rotatable bonds is 7. The summed E-state index contributed by atoms with van der Waals surface area (Å²) in [5.41, 5.74) is 3.33. The number of amides is 2. The molecule has 0 saturated heterocycles. The van der Waals surface area contributed by atoms with E-state index in [0.29, 0.717) is 0 Å². The van der Waals surface area contributed by atoms with Gasteiger partial charge in [-0.15, -0.1) is 0 Å². The summed E-state index contributed by atoms with van der Waals surface area (Å²) in [6.45, 7) is 4.35. The highest BCUT2D eigenvalue weighted by Crippen LogP contribution is 2.55. The van der Waals surface area contributed by atoms with Crippen LogP contribution >= 0.6 is 0 Å². The van der Waals surface area contributed by atoms with Gasteiger partial charge in [-0.25, -0.2) is 18.4 Å². The van der Waals surface area contributed by atoms with Gasteiger partial charge < -0.3 is 20.5 Å². The molecule has 2 aromatic carbocycles. The van der Waals surface area contributed by atoms with Gasteiger partial charge in [0.15, 0.2) is 0 Å². The van der Waals surface area contributed by atoms with Crippen LogP contribution in [0, 0.1) is 17.3 Å². The van der Waals surface area contributed by atoms with Gasteiger partial charge in [-0.3, -0.25) is 4.79 Å². The van der Waals surface area contributed by atoms with Gasteiger partial charge >= 0.3 is 12.1 Å². The number of alkyl carbamates (subject to hydrolysis) is 1. The van der Waals surface area contributed by atoms with E-state index in [-0.39, 0.29) is 12.5 Å². The van der Waals surface area contributed by atoms with Crippen LogP contribution in [0.25, 0.3) is 11.1 Å². The fourth-order valence-electron chi connectivity index (χ4n) is 4.73. The Labute approximate surface area is 201 Å². The third-order valence-corrected chi connectivity index (χ3v) is 6.69. The van der Waals surface area contributed by atoms with E-state index in [9.17, 15) is 28.3 Å². The Balaban J connectivity index is 1.32. The number of fused-ring (bicyclic) bond motifs is 3. The minimum Gasteiger partial charge on any atom is -0.480 e. The number of hydrogen-bond acceptors (Lipinski definition) is 4. The molecule has 2 amide bonds. The number of nitrogens with one attached hydrogen (secondary N) is 2. The van der Waals surface area contributed by atoms with Gasteiger partial charge in [0, 0.05) is 12.5 Å². The Bertz CT molecular complexity index is 1110. The SMILES string of the molecule is CC(C)(C)[C@@H](NC(=O)[C@@H]1[C@H](CNC(=O)OCC2c3ccccc3-c3ccccc32)C1(F)F)C(=O)O. The first-order valence-corrected chi connectivity index (χ1v) is 11.4. The third-order valence-electron chi connectivity index (χ3n) is 6.69. The van der Waals surface area contributed by atoms with Crippen molar-refractivity contribution in [1.29, 1.82) is 0 Å². The van der Waals surface area contributed by atoms with Crippen molar-refractivity contribution < 1.29 is 33.0 Å². The summed E-state index contributed by atoms with van der Waals surface area (Å²) in [5, 5.41) is 13.9. The lowest BCUT2D eigenvalue weighted by atomic mass is 9.86. The molecular weight excluding hydrogens is 458 g/mol. The third kappa shape index (κ3) is 4.72. The highest BCUT2D eigenvalue weighted by molar-refractivity contribution is 5.88. The number of carboxylic acid groups (broad SMARTS) is 1. The highest BCUT2D eigenvalue weighted by atomic mass is 19.3. The molecule has 0 spiro atoms. The van der Waals surface area contributed by atoms with E-state index in [1.807, 2.05) is 48.5 Å². The zero-order valence-electron chi connectivity index (χ0n) is 19.7. The van der Waals surface area contributed by atoms with Crippen molar-refractivity contribution in [3.8, 4) is 11.1 Å². The van der Waals surface area contributed by atoms with Crippen LogP contribution in [0.4, 0.5) is 13.6 Å². The highest BCUT2D eigenvalue weighted by Gasteiger charge is 2.72. The Hall–Kier alpha value is -3.49. The van der Waals surface area contributed by atoms with Gasteiger partial charge in [0.1, 0.15) is 18.6 Å². The van der Waals surface area contributed by atoms with E-state index < -0.39 is 53.7 Å². The monoisotopic (exact) mass is 486 g/mol. The molecule has 0 aliphatic heterocycles. The van der Waals surface area contributed by atoms with E-state index in [0.717, 1.165) is 22.3 Å². The standard InChI is InChI=1S/C26H28F2N2O5/c1-25(2,3)21(23(32)33)30-22(31)20-19(26(20,27)28)12-29-24(34)35-13-18-16-10-6-4-8-14(16)15-9-5-7-11-17(15)18/h4-11,18-21H,12-13H2,1-3H3,(H,29,34)(H,30,31)(H,32,33)/t19-,20-,21-/m0/s1. The van der Waals surface area contributed by atoms with Gasteiger partial charge in [0.05, 0.1) is 5.92 Å². The lowest BCUT2D eigenvalue weighted by Crippen LogP contribution is -2.50. The maximum Gasteiger partial charge on any atom is 0.407 e. The second-order valence-electron chi connectivity index (χ2n) is 10.1. The summed E-state index contributed by atoms with van der Waals surface area (Å²) in [5.74, 6) is -9.00. The molecule has 2 aromatic rings. The molecule has 0 radical (unpaired) electrons. The van der Waals surface area contributed by atoms with E-state index >= 15 is 0 Å². The minimum atomic E-state index is -3.35. The van der Waals surface area contributed by atoms with Crippen molar-refractivity contribution in [2.75, 3.05) is 13.2 Å². The van der Waals surface area contributed by atoms with Crippen LogP contribution in [0.2, 0.25) is 0 Å². The van der Waals surface area contributed by atoms with Crippen LogP contribution in [-0.2, 0) is 14.3 Å². The second kappa shape index (κ2) is 8.94. The quantitative estimate of drug-likeness (QED) is 0.548. The predicted molar refractivity (Wildman–Crippen MR) is 124 cm³/mol. The number of aliphatic carboxylic acids is 1. The number of ether oxygens (including phenoxy) is 1. The summed E-state index contributed by atoms with van der Waals surface area (Å²) >= 11 is 0. The molecule has 1 fully saturated rings. The smallest absolute Gasteiger partial charge is 0.407 e. The number of halogens is 2. The first-order chi connectivity index (χ1) is 16.4. The van der Waals surface area contributed by atoms with Crippen LogP contribution in [0.15, 0.2) is 48.5 Å². The largest absolute Gasteiger partial charge is 0.480 e.